The Labute approximate surface area is 178 Å². The molecule has 0 fully saturated rings. The van der Waals surface area contributed by atoms with Crippen molar-refractivity contribution in [3.8, 4) is 0 Å². The molecule has 2 aromatic carbocycles. The van der Waals surface area contributed by atoms with Crippen molar-refractivity contribution in [2.45, 2.75) is 44.0 Å². The minimum atomic E-state index is 0.0331. The maximum Gasteiger partial charge on any atom is 0.242 e. The Hall–Kier alpha value is -2.27. The maximum atomic E-state index is 13.1. The van der Waals surface area contributed by atoms with Crippen molar-refractivity contribution in [3.05, 3.63) is 65.7 Å². The quantitative estimate of drug-likeness (QED) is 0.599. The lowest BCUT2D eigenvalue weighted by Crippen LogP contribution is -2.46. The topological polar surface area (TPSA) is 40.6 Å². The Morgan fingerprint density at radius 3 is 2.59 bits per heavy atom. The molecule has 0 N–H and O–H groups in total. The van der Waals surface area contributed by atoms with Gasteiger partial charge in [-0.15, -0.1) is 11.8 Å². The second-order valence-corrected chi connectivity index (χ2v) is 8.53. The zero-order valence-electron chi connectivity index (χ0n) is 17.3. The number of unbranched alkanes of at least 4 members (excludes halogenated alkanes) is 1. The fourth-order valence-electron chi connectivity index (χ4n) is 3.76. The summed E-state index contributed by atoms with van der Waals surface area (Å²) in [7, 11) is 0. The molecule has 0 aromatic heterocycles. The van der Waals surface area contributed by atoms with E-state index in [1.165, 1.54) is 22.9 Å². The Kier molecular flexibility index (Phi) is 7.76. The van der Waals surface area contributed by atoms with Gasteiger partial charge in [-0.1, -0.05) is 55.8 Å². The Morgan fingerprint density at radius 1 is 1.10 bits per heavy atom. The maximum absolute atomic E-state index is 13.1. The second kappa shape index (κ2) is 10.5. The van der Waals surface area contributed by atoms with Crippen molar-refractivity contribution < 1.29 is 9.59 Å². The van der Waals surface area contributed by atoms with Crippen LogP contribution in [0, 0.1) is 0 Å². The van der Waals surface area contributed by atoms with E-state index in [1.54, 1.807) is 4.90 Å². The van der Waals surface area contributed by atoms with Gasteiger partial charge in [0.05, 0.1) is 18.3 Å². The normalized spacial score (nSPS) is 15.7. The van der Waals surface area contributed by atoms with Crippen molar-refractivity contribution in [1.82, 2.24) is 9.80 Å². The molecule has 2 amide bonds. The molecule has 0 aliphatic carbocycles. The van der Waals surface area contributed by atoms with Crippen molar-refractivity contribution in [2.24, 2.45) is 0 Å². The Bertz CT molecular complexity index is 825. The number of hydrogen-bond acceptors (Lipinski definition) is 3. The molecule has 4 nitrogen and oxygen atoms in total. The highest BCUT2D eigenvalue weighted by molar-refractivity contribution is 8.00. The van der Waals surface area contributed by atoms with E-state index in [1.807, 2.05) is 41.3 Å². The number of thioether (sulfide) groups is 1. The number of fused-ring (bicyclic) bond motifs is 1. The van der Waals surface area contributed by atoms with Crippen molar-refractivity contribution >= 4 is 23.6 Å². The lowest BCUT2D eigenvalue weighted by Gasteiger charge is -2.36. The van der Waals surface area contributed by atoms with Gasteiger partial charge in [-0.05, 0) is 43.0 Å². The van der Waals surface area contributed by atoms with Gasteiger partial charge in [-0.3, -0.25) is 9.59 Å². The minimum Gasteiger partial charge on any atom is -0.334 e. The number of carbonyl (C=O) groups excluding carboxylic acids is 2. The van der Waals surface area contributed by atoms with E-state index < -0.39 is 0 Å². The molecule has 1 unspecified atom stereocenters. The third kappa shape index (κ3) is 5.63. The molecule has 0 spiro atoms. The summed E-state index contributed by atoms with van der Waals surface area (Å²) in [6.45, 7) is 5.70. The first-order valence-electron chi connectivity index (χ1n) is 10.4. The highest BCUT2D eigenvalue weighted by Crippen LogP contribution is 2.29. The summed E-state index contributed by atoms with van der Waals surface area (Å²) in [4.78, 5) is 30.7. The fraction of sp³-hybridized carbons (Fsp3) is 0.417. The number of nitrogens with zero attached hydrogens (tertiary/aromatic N) is 2. The highest BCUT2D eigenvalue weighted by atomic mass is 32.2. The number of amides is 2. The summed E-state index contributed by atoms with van der Waals surface area (Å²) in [5.74, 6) is 0.436. The zero-order chi connectivity index (χ0) is 20.6. The standard InChI is InChI=1S/C24H30N2O2S/c1-3-4-15-25(24(28)18-29-21-11-6-5-7-12-21)17-23(27)26-16-14-20-10-8-9-13-22(20)19(26)2/h5-13,19H,3-4,14-18H2,1-2H3. The molecular weight excluding hydrogens is 380 g/mol. The average Bonchev–Trinajstić information content (AvgIpc) is 2.76. The van der Waals surface area contributed by atoms with Crippen molar-refractivity contribution in [1.29, 1.82) is 0 Å². The molecule has 2 aromatic rings. The van der Waals surface area contributed by atoms with E-state index in [0.717, 1.165) is 24.2 Å². The van der Waals surface area contributed by atoms with Crippen LogP contribution in [0.3, 0.4) is 0 Å². The van der Waals surface area contributed by atoms with Gasteiger partial charge in [-0.25, -0.2) is 0 Å². The van der Waals surface area contributed by atoms with Crippen LogP contribution >= 0.6 is 11.8 Å². The van der Waals surface area contributed by atoms with Gasteiger partial charge in [0.2, 0.25) is 11.8 Å². The summed E-state index contributed by atoms with van der Waals surface area (Å²) in [5, 5.41) is 0. The first-order chi connectivity index (χ1) is 14.1. The summed E-state index contributed by atoms with van der Waals surface area (Å²) < 4.78 is 0. The van der Waals surface area contributed by atoms with E-state index in [4.69, 9.17) is 0 Å². The van der Waals surface area contributed by atoms with Crippen molar-refractivity contribution in [2.75, 3.05) is 25.4 Å². The smallest absolute Gasteiger partial charge is 0.242 e. The summed E-state index contributed by atoms with van der Waals surface area (Å²) in [6, 6.07) is 18.3. The van der Waals surface area contributed by atoms with Gasteiger partial charge in [0, 0.05) is 18.0 Å². The first kappa shape index (κ1) is 21.4. The summed E-state index contributed by atoms with van der Waals surface area (Å²) >= 11 is 1.53. The van der Waals surface area contributed by atoms with E-state index in [9.17, 15) is 9.59 Å². The van der Waals surface area contributed by atoms with Gasteiger partial charge in [-0.2, -0.15) is 0 Å². The van der Waals surface area contributed by atoms with Crippen LogP contribution in [0.15, 0.2) is 59.5 Å². The van der Waals surface area contributed by atoms with Crippen LogP contribution in [0.5, 0.6) is 0 Å². The molecule has 0 bridgehead atoms. The lowest BCUT2D eigenvalue weighted by molar-refractivity contribution is -0.141. The van der Waals surface area contributed by atoms with Gasteiger partial charge in [0.15, 0.2) is 0 Å². The SMILES string of the molecule is CCCCN(CC(=O)N1CCc2ccccc2C1C)C(=O)CSc1ccccc1. The molecule has 0 radical (unpaired) electrons. The third-order valence-electron chi connectivity index (χ3n) is 5.48. The average molecular weight is 411 g/mol. The largest absolute Gasteiger partial charge is 0.334 e. The van der Waals surface area contributed by atoms with Gasteiger partial charge >= 0.3 is 0 Å². The number of hydrogen-bond donors (Lipinski definition) is 0. The fourth-order valence-corrected chi connectivity index (χ4v) is 4.58. The summed E-state index contributed by atoms with van der Waals surface area (Å²) in [6.07, 6.45) is 2.78. The zero-order valence-corrected chi connectivity index (χ0v) is 18.2. The Balaban J connectivity index is 1.63. The molecule has 5 heteroatoms. The molecule has 3 rings (SSSR count). The van der Waals surface area contributed by atoms with Crippen molar-refractivity contribution in [3.63, 3.8) is 0 Å². The molecule has 1 aliphatic rings. The molecular formula is C24H30N2O2S. The van der Waals surface area contributed by atoms with Gasteiger partial charge in [0.1, 0.15) is 0 Å². The van der Waals surface area contributed by atoms with Gasteiger partial charge in [0.25, 0.3) is 0 Å². The molecule has 1 atom stereocenters. The number of carbonyl (C=O) groups is 2. The first-order valence-corrected chi connectivity index (χ1v) is 11.4. The Morgan fingerprint density at radius 2 is 1.83 bits per heavy atom. The van der Waals surface area contributed by atoms with Crippen LogP contribution in [-0.2, 0) is 16.0 Å². The summed E-state index contributed by atoms with van der Waals surface area (Å²) in [5.41, 5.74) is 2.54. The molecule has 1 heterocycles. The molecule has 154 valence electrons. The minimum absolute atomic E-state index is 0.0331. The van der Waals surface area contributed by atoms with Crippen LogP contribution in [-0.4, -0.2) is 47.0 Å². The van der Waals surface area contributed by atoms with Crippen LogP contribution in [0.4, 0.5) is 0 Å². The van der Waals surface area contributed by atoms with Crippen LogP contribution < -0.4 is 0 Å². The predicted octanol–water partition coefficient (Wildman–Crippen LogP) is 4.55. The third-order valence-corrected chi connectivity index (χ3v) is 6.48. The monoisotopic (exact) mass is 410 g/mol. The van der Waals surface area contributed by atoms with Gasteiger partial charge < -0.3 is 9.80 Å². The number of rotatable bonds is 8. The van der Waals surface area contributed by atoms with E-state index in [2.05, 4.69) is 32.0 Å². The predicted molar refractivity (Wildman–Crippen MR) is 119 cm³/mol. The van der Waals surface area contributed by atoms with Crippen LogP contribution in [0.25, 0.3) is 0 Å². The van der Waals surface area contributed by atoms with E-state index >= 15 is 0 Å². The van der Waals surface area contributed by atoms with Crippen LogP contribution in [0.1, 0.15) is 43.9 Å². The van der Waals surface area contributed by atoms with E-state index in [0.29, 0.717) is 18.8 Å². The molecule has 29 heavy (non-hydrogen) atoms. The van der Waals surface area contributed by atoms with Crippen LogP contribution in [0.2, 0.25) is 0 Å². The van der Waals surface area contributed by atoms with E-state index in [-0.39, 0.29) is 24.4 Å². The molecule has 1 aliphatic heterocycles. The lowest BCUT2D eigenvalue weighted by atomic mass is 9.93. The molecule has 0 saturated heterocycles. The second-order valence-electron chi connectivity index (χ2n) is 7.48. The molecule has 0 saturated carbocycles. The highest BCUT2D eigenvalue weighted by Gasteiger charge is 2.29. The number of benzene rings is 2.